The van der Waals surface area contributed by atoms with Crippen LogP contribution in [0.15, 0.2) is 48.5 Å². The van der Waals surface area contributed by atoms with Crippen molar-refractivity contribution in [2.45, 2.75) is 18.9 Å². The van der Waals surface area contributed by atoms with Crippen molar-refractivity contribution < 1.29 is 9.18 Å². The zero-order chi connectivity index (χ0) is 16.5. The van der Waals surface area contributed by atoms with Crippen LogP contribution in [0.1, 0.15) is 33.9 Å². The van der Waals surface area contributed by atoms with Crippen molar-refractivity contribution in [3.63, 3.8) is 0 Å². The molecule has 1 fully saturated rings. The van der Waals surface area contributed by atoms with Gasteiger partial charge in [0, 0.05) is 32.2 Å². The minimum absolute atomic E-state index is 0.178. The quantitative estimate of drug-likeness (QED) is 0.846. The zero-order valence-electron chi connectivity index (χ0n) is 13.6. The highest BCUT2D eigenvalue weighted by Gasteiger charge is 2.31. The van der Waals surface area contributed by atoms with E-state index in [1.54, 1.807) is 23.1 Å². The lowest BCUT2D eigenvalue weighted by atomic mass is 10.1. The average Bonchev–Trinajstić information content (AvgIpc) is 3.06. The molecule has 0 bridgehead atoms. The molecule has 0 saturated carbocycles. The van der Waals surface area contributed by atoms with Crippen molar-refractivity contribution in [1.29, 1.82) is 0 Å². The topological polar surface area (TPSA) is 23.6 Å². The molecule has 1 saturated heterocycles. The molecule has 4 rings (SSSR count). The Balaban J connectivity index is 1.43. The Morgan fingerprint density at radius 2 is 1.67 bits per heavy atom. The molecule has 124 valence electrons. The minimum Gasteiger partial charge on any atom is -0.336 e. The van der Waals surface area contributed by atoms with E-state index in [0.717, 1.165) is 25.9 Å². The van der Waals surface area contributed by atoms with Gasteiger partial charge in [-0.05, 0) is 36.1 Å². The number of piperazine rings is 1. The number of carbonyl (C=O) groups is 1. The van der Waals surface area contributed by atoms with Crippen LogP contribution in [0.5, 0.6) is 0 Å². The third kappa shape index (κ3) is 2.71. The van der Waals surface area contributed by atoms with Crippen molar-refractivity contribution >= 4 is 5.91 Å². The summed E-state index contributed by atoms with van der Waals surface area (Å²) in [7, 11) is 0. The molecule has 1 heterocycles. The summed E-state index contributed by atoms with van der Waals surface area (Å²) in [4.78, 5) is 16.8. The van der Waals surface area contributed by atoms with Gasteiger partial charge in [0.1, 0.15) is 5.82 Å². The van der Waals surface area contributed by atoms with Crippen LogP contribution in [0.2, 0.25) is 0 Å². The number of halogens is 1. The first-order valence-electron chi connectivity index (χ1n) is 8.60. The van der Waals surface area contributed by atoms with Crippen LogP contribution in [0.3, 0.4) is 0 Å². The minimum atomic E-state index is -0.436. The number of benzene rings is 2. The van der Waals surface area contributed by atoms with Gasteiger partial charge in [0.05, 0.1) is 5.56 Å². The van der Waals surface area contributed by atoms with Gasteiger partial charge in [0.25, 0.3) is 5.91 Å². The van der Waals surface area contributed by atoms with Crippen molar-refractivity contribution in [2.75, 3.05) is 26.2 Å². The highest BCUT2D eigenvalue weighted by molar-refractivity contribution is 5.94. The summed E-state index contributed by atoms with van der Waals surface area (Å²) in [5.74, 6) is -0.630. The van der Waals surface area contributed by atoms with E-state index in [4.69, 9.17) is 0 Å². The summed E-state index contributed by atoms with van der Waals surface area (Å²) in [5.41, 5.74) is 3.07. The number of amides is 1. The second-order valence-corrected chi connectivity index (χ2v) is 6.56. The normalized spacial score (nSPS) is 20.9. The van der Waals surface area contributed by atoms with Crippen LogP contribution in [-0.2, 0) is 6.42 Å². The maximum atomic E-state index is 13.8. The molecule has 3 nitrogen and oxygen atoms in total. The summed E-state index contributed by atoms with van der Waals surface area (Å²) in [6, 6.07) is 15.4. The van der Waals surface area contributed by atoms with Gasteiger partial charge in [0.15, 0.2) is 0 Å². The van der Waals surface area contributed by atoms with Crippen LogP contribution in [0, 0.1) is 5.82 Å². The number of nitrogens with zero attached hydrogens (tertiary/aromatic N) is 2. The van der Waals surface area contributed by atoms with Gasteiger partial charge in [-0.25, -0.2) is 4.39 Å². The second kappa shape index (κ2) is 6.36. The summed E-state index contributed by atoms with van der Waals surface area (Å²) >= 11 is 0. The molecule has 0 aromatic heterocycles. The van der Waals surface area contributed by atoms with Gasteiger partial charge >= 0.3 is 0 Å². The maximum Gasteiger partial charge on any atom is 0.256 e. The standard InChI is InChI=1S/C20H21FN2O/c21-18-8-4-3-7-17(18)20(24)23-13-11-22(12-14-23)19-10-9-15-5-1-2-6-16(15)19/h1-8,19H,9-14H2. The third-order valence-corrected chi connectivity index (χ3v) is 5.25. The summed E-state index contributed by atoms with van der Waals surface area (Å²) < 4.78 is 13.8. The lowest BCUT2D eigenvalue weighted by Gasteiger charge is -2.38. The highest BCUT2D eigenvalue weighted by atomic mass is 19.1. The number of aryl methyl sites for hydroxylation is 1. The Bertz CT molecular complexity index is 753. The molecular formula is C20H21FN2O. The molecule has 1 unspecified atom stereocenters. The van der Waals surface area contributed by atoms with Crippen molar-refractivity contribution in [3.8, 4) is 0 Å². The largest absolute Gasteiger partial charge is 0.336 e. The molecule has 24 heavy (non-hydrogen) atoms. The summed E-state index contributed by atoms with van der Waals surface area (Å²) in [5, 5.41) is 0. The molecule has 0 spiro atoms. The first-order valence-corrected chi connectivity index (χ1v) is 8.60. The molecule has 1 atom stereocenters. The van der Waals surface area contributed by atoms with E-state index in [0.29, 0.717) is 19.1 Å². The van der Waals surface area contributed by atoms with Crippen LogP contribution in [0.25, 0.3) is 0 Å². The Kier molecular flexibility index (Phi) is 4.07. The average molecular weight is 324 g/mol. The van der Waals surface area contributed by atoms with E-state index in [2.05, 4.69) is 29.2 Å². The van der Waals surface area contributed by atoms with E-state index in [1.807, 2.05) is 0 Å². The number of hydrogen-bond donors (Lipinski definition) is 0. The smallest absolute Gasteiger partial charge is 0.256 e. The van der Waals surface area contributed by atoms with Gasteiger partial charge < -0.3 is 4.90 Å². The predicted molar refractivity (Wildman–Crippen MR) is 91.4 cm³/mol. The Morgan fingerprint density at radius 1 is 0.958 bits per heavy atom. The SMILES string of the molecule is O=C(c1ccccc1F)N1CCN(C2CCc3ccccc32)CC1. The molecule has 1 amide bonds. The summed E-state index contributed by atoms with van der Waals surface area (Å²) in [6.07, 6.45) is 2.29. The predicted octanol–water partition coefficient (Wildman–Crippen LogP) is 3.27. The van der Waals surface area contributed by atoms with E-state index < -0.39 is 5.82 Å². The maximum absolute atomic E-state index is 13.8. The molecule has 1 aliphatic carbocycles. The molecule has 2 aromatic rings. The second-order valence-electron chi connectivity index (χ2n) is 6.56. The molecular weight excluding hydrogens is 303 g/mol. The Labute approximate surface area is 141 Å². The Hall–Kier alpha value is -2.20. The third-order valence-electron chi connectivity index (χ3n) is 5.25. The first kappa shape index (κ1) is 15.3. The van der Waals surface area contributed by atoms with E-state index >= 15 is 0 Å². The van der Waals surface area contributed by atoms with Gasteiger partial charge in [-0.2, -0.15) is 0 Å². The molecule has 4 heteroatoms. The van der Waals surface area contributed by atoms with Crippen molar-refractivity contribution in [3.05, 3.63) is 71.0 Å². The molecule has 1 aliphatic heterocycles. The van der Waals surface area contributed by atoms with E-state index in [1.165, 1.54) is 17.2 Å². The molecule has 2 aromatic carbocycles. The van der Waals surface area contributed by atoms with Gasteiger partial charge in [0.2, 0.25) is 0 Å². The van der Waals surface area contributed by atoms with Crippen LogP contribution in [-0.4, -0.2) is 41.9 Å². The molecule has 0 radical (unpaired) electrons. The van der Waals surface area contributed by atoms with Crippen LogP contribution < -0.4 is 0 Å². The fourth-order valence-corrected chi connectivity index (χ4v) is 3.96. The van der Waals surface area contributed by atoms with Gasteiger partial charge in [-0.1, -0.05) is 36.4 Å². The van der Waals surface area contributed by atoms with E-state index in [-0.39, 0.29) is 11.5 Å². The number of hydrogen-bond acceptors (Lipinski definition) is 2. The monoisotopic (exact) mass is 324 g/mol. The fourth-order valence-electron chi connectivity index (χ4n) is 3.96. The summed E-state index contributed by atoms with van der Waals surface area (Å²) in [6.45, 7) is 3.01. The zero-order valence-corrected chi connectivity index (χ0v) is 13.6. The lowest BCUT2D eigenvalue weighted by molar-refractivity contribution is 0.0564. The number of carbonyl (C=O) groups excluding carboxylic acids is 1. The Morgan fingerprint density at radius 3 is 2.46 bits per heavy atom. The number of fused-ring (bicyclic) bond motifs is 1. The van der Waals surface area contributed by atoms with Crippen LogP contribution >= 0.6 is 0 Å². The van der Waals surface area contributed by atoms with Gasteiger partial charge in [-0.3, -0.25) is 9.69 Å². The fraction of sp³-hybridized carbons (Fsp3) is 0.350. The molecule has 0 N–H and O–H groups in total. The highest BCUT2D eigenvalue weighted by Crippen LogP contribution is 2.36. The number of rotatable bonds is 2. The molecule has 2 aliphatic rings. The van der Waals surface area contributed by atoms with Crippen LogP contribution in [0.4, 0.5) is 4.39 Å². The van der Waals surface area contributed by atoms with Crippen molar-refractivity contribution in [1.82, 2.24) is 9.80 Å². The lowest BCUT2D eigenvalue weighted by Crippen LogP contribution is -2.49. The van der Waals surface area contributed by atoms with Gasteiger partial charge in [-0.15, -0.1) is 0 Å². The van der Waals surface area contributed by atoms with Crippen molar-refractivity contribution in [2.24, 2.45) is 0 Å². The first-order chi connectivity index (χ1) is 11.7. The van der Waals surface area contributed by atoms with E-state index in [9.17, 15) is 9.18 Å².